The number of rotatable bonds is 12. The molecule has 0 aliphatic carbocycles. The Bertz CT molecular complexity index is 1410. The molecule has 0 radical (unpaired) electrons. The average molecular weight is 702 g/mol. The summed E-state index contributed by atoms with van der Waals surface area (Å²) in [5, 5.41) is 6.81. The third-order valence-corrected chi connectivity index (χ3v) is 9.76. The van der Waals surface area contributed by atoms with Crippen molar-refractivity contribution in [1.82, 2.24) is 20.3 Å². The van der Waals surface area contributed by atoms with Gasteiger partial charge in [-0.05, 0) is 80.9 Å². The fourth-order valence-electron chi connectivity index (χ4n) is 5.66. The van der Waals surface area contributed by atoms with Gasteiger partial charge in [0.2, 0.25) is 21.8 Å². The zero-order valence-corrected chi connectivity index (χ0v) is 27.5. The van der Waals surface area contributed by atoms with Crippen LogP contribution in [0.3, 0.4) is 0 Å². The van der Waals surface area contributed by atoms with Gasteiger partial charge in [0.15, 0.2) is 0 Å². The molecule has 2 saturated heterocycles. The third kappa shape index (κ3) is 9.70. The van der Waals surface area contributed by atoms with Crippen molar-refractivity contribution < 1.29 is 27.1 Å². The van der Waals surface area contributed by atoms with Gasteiger partial charge in [0.05, 0.1) is 19.0 Å². The Morgan fingerprint density at radius 3 is 2.65 bits per heavy atom. The maximum atomic E-state index is 14.4. The lowest BCUT2D eigenvalue weighted by atomic mass is 9.91. The highest BCUT2D eigenvalue weighted by Gasteiger charge is 2.42. The summed E-state index contributed by atoms with van der Waals surface area (Å²) in [5.41, 5.74) is 2.04. The lowest BCUT2D eigenvalue weighted by molar-refractivity contribution is -0.140. The van der Waals surface area contributed by atoms with Gasteiger partial charge in [-0.2, -0.15) is 0 Å². The number of halogens is 3. The Balaban J connectivity index is 1.51. The summed E-state index contributed by atoms with van der Waals surface area (Å²) in [5.74, 6) is -0.903. The first-order chi connectivity index (χ1) is 20.4. The number of hydrogen-bond donors (Lipinski definition) is 3. The van der Waals surface area contributed by atoms with Crippen molar-refractivity contribution in [3.05, 3.63) is 68.4 Å². The molecule has 236 valence electrons. The van der Waals surface area contributed by atoms with Gasteiger partial charge in [-0.15, -0.1) is 0 Å². The standard InChI is InChI=1S/C30H39BrClFN4O5S/c1-19-21(4-3-5-25(19)32)16-35-29(38)28-15-24(42-18-22-7-8-23(31)14-26(22)33)17-37(28)30(39)27(36-43(2,40)41)9-6-20-10-12-34-13-11-20/h3-5,7-8,14,20,24,27-28,34,36H,6,9-13,15-18H2,1-2H3,(H,35,38)/t24-,27-,28+/m1/s1. The maximum Gasteiger partial charge on any atom is 0.243 e. The van der Waals surface area contributed by atoms with Crippen molar-refractivity contribution in [3.63, 3.8) is 0 Å². The average Bonchev–Trinajstić information content (AvgIpc) is 3.39. The number of ether oxygens (including phenoxy) is 1. The second-order valence-electron chi connectivity index (χ2n) is 11.4. The van der Waals surface area contributed by atoms with Gasteiger partial charge < -0.3 is 20.3 Å². The molecule has 0 saturated carbocycles. The lowest BCUT2D eigenvalue weighted by Crippen LogP contribution is -2.53. The summed E-state index contributed by atoms with van der Waals surface area (Å²) >= 11 is 9.49. The summed E-state index contributed by atoms with van der Waals surface area (Å²) in [4.78, 5) is 28.9. The zero-order valence-electron chi connectivity index (χ0n) is 24.4. The maximum absolute atomic E-state index is 14.4. The number of amides is 2. The van der Waals surface area contributed by atoms with Crippen LogP contribution in [0.25, 0.3) is 0 Å². The van der Waals surface area contributed by atoms with Crippen LogP contribution in [0.5, 0.6) is 0 Å². The van der Waals surface area contributed by atoms with Crippen LogP contribution in [0.2, 0.25) is 5.02 Å². The number of sulfonamides is 1. The van der Waals surface area contributed by atoms with E-state index in [9.17, 15) is 22.4 Å². The predicted octanol–water partition coefficient (Wildman–Crippen LogP) is 4.05. The van der Waals surface area contributed by atoms with E-state index in [1.54, 1.807) is 24.3 Å². The van der Waals surface area contributed by atoms with E-state index in [1.165, 1.54) is 11.0 Å². The summed E-state index contributed by atoms with van der Waals surface area (Å²) in [6, 6.07) is 8.20. The molecule has 2 aliphatic heterocycles. The van der Waals surface area contributed by atoms with Crippen LogP contribution in [0.15, 0.2) is 40.9 Å². The second-order valence-corrected chi connectivity index (χ2v) is 14.5. The highest BCUT2D eigenvalue weighted by molar-refractivity contribution is 9.10. The van der Waals surface area contributed by atoms with Gasteiger partial charge in [0, 0.05) is 34.6 Å². The van der Waals surface area contributed by atoms with E-state index >= 15 is 0 Å². The van der Waals surface area contributed by atoms with E-state index in [4.69, 9.17) is 16.3 Å². The molecular formula is C30H39BrClFN4O5S. The van der Waals surface area contributed by atoms with Crippen LogP contribution in [-0.4, -0.2) is 69.2 Å². The number of benzene rings is 2. The quantitative estimate of drug-likeness (QED) is 0.308. The van der Waals surface area contributed by atoms with Crippen LogP contribution < -0.4 is 15.4 Å². The van der Waals surface area contributed by atoms with E-state index in [-0.39, 0.29) is 32.0 Å². The summed E-state index contributed by atoms with van der Waals surface area (Å²) in [7, 11) is -3.71. The minimum atomic E-state index is -3.71. The Morgan fingerprint density at radius 2 is 1.95 bits per heavy atom. The first kappa shape index (κ1) is 33.8. The molecule has 13 heteroatoms. The van der Waals surface area contributed by atoms with Crippen LogP contribution >= 0.6 is 27.5 Å². The highest BCUT2D eigenvalue weighted by atomic mass is 79.9. The van der Waals surface area contributed by atoms with Gasteiger partial charge >= 0.3 is 0 Å². The molecule has 0 aromatic heterocycles. The van der Waals surface area contributed by atoms with E-state index in [0.29, 0.717) is 33.8 Å². The Hall–Kier alpha value is -2.09. The normalized spacial score (nSPS) is 20.3. The topological polar surface area (TPSA) is 117 Å². The molecule has 3 atom stereocenters. The molecule has 0 spiro atoms. The van der Waals surface area contributed by atoms with Gasteiger partial charge in [0.1, 0.15) is 17.9 Å². The number of nitrogens with zero attached hydrogens (tertiary/aromatic N) is 1. The number of nitrogens with one attached hydrogen (secondary N) is 3. The predicted molar refractivity (Wildman–Crippen MR) is 167 cm³/mol. The third-order valence-electron chi connectivity index (χ3n) is 8.15. The molecule has 0 bridgehead atoms. The van der Waals surface area contributed by atoms with Gasteiger partial charge in [-0.1, -0.05) is 45.7 Å². The molecule has 2 aromatic rings. The monoisotopic (exact) mass is 700 g/mol. The summed E-state index contributed by atoms with van der Waals surface area (Å²) in [6.07, 6.45) is 3.57. The molecule has 4 rings (SSSR count). The Morgan fingerprint density at radius 1 is 1.21 bits per heavy atom. The summed E-state index contributed by atoms with van der Waals surface area (Å²) < 4.78 is 48.1. The lowest BCUT2D eigenvalue weighted by Gasteiger charge is -2.30. The van der Waals surface area contributed by atoms with Crippen molar-refractivity contribution in [3.8, 4) is 0 Å². The molecule has 3 N–H and O–H groups in total. The molecule has 2 heterocycles. The first-order valence-corrected chi connectivity index (χ1v) is 17.5. The Labute approximate surface area is 266 Å². The van der Waals surface area contributed by atoms with E-state index in [0.717, 1.165) is 43.3 Å². The zero-order chi connectivity index (χ0) is 31.1. The van der Waals surface area contributed by atoms with E-state index in [2.05, 4.69) is 31.3 Å². The number of carbonyl (C=O) groups is 2. The SMILES string of the molecule is Cc1c(Cl)cccc1CNC(=O)[C@@H]1C[C@@H](OCc2ccc(Br)cc2F)CN1C(=O)[C@@H](CCC1CCNCC1)NS(C)(=O)=O. The van der Waals surface area contributed by atoms with Crippen molar-refractivity contribution in [2.24, 2.45) is 5.92 Å². The number of hydrogen-bond acceptors (Lipinski definition) is 6. The number of likely N-dealkylation sites (tertiary alicyclic amines) is 1. The molecule has 2 fully saturated rings. The number of carbonyl (C=O) groups excluding carboxylic acids is 2. The highest BCUT2D eigenvalue weighted by Crippen LogP contribution is 2.27. The minimum Gasteiger partial charge on any atom is -0.371 e. The molecular weight excluding hydrogens is 663 g/mol. The van der Waals surface area contributed by atoms with Crippen LogP contribution in [-0.2, 0) is 37.5 Å². The van der Waals surface area contributed by atoms with Crippen molar-refractivity contribution in [2.75, 3.05) is 25.9 Å². The van der Waals surface area contributed by atoms with Crippen molar-refractivity contribution in [2.45, 2.75) is 70.4 Å². The fourth-order valence-corrected chi connectivity index (χ4v) is 6.93. The van der Waals surface area contributed by atoms with Gasteiger partial charge in [-0.3, -0.25) is 9.59 Å². The largest absolute Gasteiger partial charge is 0.371 e. The summed E-state index contributed by atoms with van der Waals surface area (Å²) in [6.45, 7) is 3.88. The van der Waals surface area contributed by atoms with Crippen molar-refractivity contribution >= 4 is 49.4 Å². The Kier molecular flexibility index (Phi) is 12.0. The smallest absolute Gasteiger partial charge is 0.243 e. The van der Waals surface area contributed by atoms with Gasteiger partial charge in [0.25, 0.3) is 0 Å². The van der Waals surface area contributed by atoms with Crippen LogP contribution in [0.1, 0.15) is 48.8 Å². The van der Waals surface area contributed by atoms with Crippen molar-refractivity contribution in [1.29, 1.82) is 0 Å². The molecule has 2 aliphatic rings. The molecule has 9 nitrogen and oxygen atoms in total. The van der Waals surface area contributed by atoms with E-state index < -0.39 is 39.9 Å². The molecule has 43 heavy (non-hydrogen) atoms. The fraction of sp³-hybridized carbons (Fsp3) is 0.533. The van der Waals surface area contributed by atoms with E-state index in [1.807, 2.05) is 13.0 Å². The molecule has 0 unspecified atom stereocenters. The van der Waals surface area contributed by atoms with Crippen LogP contribution in [0.4, 0.5) is 4.39 Å². The molecule has 2 amide bonds. The number of piperidine rings is 1. The minimum absolute atomic E-state index is 0.0391. The van der Waals surface area contributed by atoms with Gasteiger partial charge in [-0.25, -0.2) is 17.5 Å². The second kappa shape index (κ2) is 15.3. The first-order valence-electron chi connectivity index (χ1n) is 14.5. The molecule has 2 aromatic carbocycles. The van der Waals surface area contributed by atoms with Crippen LogP contribution in [0, 0.1) is 18.7 Å².